The van der Waals surface area contributed by atoms with Crippen LogP contribution in [-0.2, 0) is 9.47 Å². The van der Waals surface area contributed by atoms with Gasteiger partial charge in [0.25, 0.3) is 0 Å². The Morgan fingerprint density at radius 3 is 0.811 bits per heavy atom. The van der Waals surface area contributed by atoms with E-state index in [1.54, 1.807) is 0 Å². The van der Waals surface area contributed by atoms with Crippen molar-refractivity contribution in [2.45, 2.75) is 0 Å². The molecule has 19 heteroatoms. The molecule has 0 saturated heterocycles. The summed E-state index contributed by atoms with van der Waals surface area (Å²) in [6.07, 6.45) is 0. The molecule has 0 fully saturated rings. The van der Waals surface area contributed by atoms with E-state index in [1.165, 1.54) is 0 Å². The quantitative estimate of drug-likeness (QED) is 0.176. The van der Waals surface area contributed by atoms with Gasteiger partial charge in [0.1, 0.15) is 0 Å². The van der Waals surface area contributed by atoms with Crippen LogP contribution < -0.4 is 0 Å². The second-order valence-corrected chi connectivity index (χ2v) is 8.63. The molecule has 0 aromatic heterocycles. The van der Waals surface area contributed by atoms with E-state index in [9.17, 15) is 19.2 Å². The molecule has 0 radical (unpaired) electrons. The summed E-state index contributed by atoms with van der Waals surface area (Å²) < 4.78 is 8.99. The summed E-state index contributed by atoms with van der Waals surface area (Å²) in [4.78, 5) is 44.6. The summed E-state index contributed by atoms with van der Waals surface area (Å²) in [7, 11) is 2.29. The Balaban J connectivity index is 0. The fourth-order valence-corrected chi connectivity index (χ4v) is 4.54. The van der Waals surface area contributed by atoms with Crippen molar-refractivity contribution in [3.8, 4) is 0 Å². The third kappa shape index (κ3) is 9.43. The number of halogens is 11. The van der Waals surface area contributed by atoms with Gasteiger partial charge in [0.2, 0.25) is 0 Å². The molecule has 0 spiro atoms. The van der Waals surface area contributed by atoms with Crippen molar-refractivity contribution >= 4 is 178 Å². The number of hydrogen-bond acceptors (Lipinski definition) is 6. The minimum Gasteiger partial charge on any atom is -0.478 e. The Hall–Kier alpha value is 0.830. The third-order valence-electron chi connectivity index (χ3n) is 3.73. The van der Waals surface area contributed by atoms with Gasteiger partial charge in [-0.25, -0.2) is 19.2 Å². The lowest BCUT2D eigenvalue weighted by Crippen LogP contribution is -2.09. The maximum absolute atomic E-state index is 11.5. The topological polar surface area (TPSA) is 127 Å². The van der Waals surface area contributed by atoms with Gasteiger partial charge in [-0.3, -0.25) is 0 Å². The third-order valence-corrected chi connectivity index (χ3v) is 7.14. The number of rotatable bonds is 4. The molecular weight excluding hydrogens is 1010 g/mol. The van der Waals surface area contributed by atoms with Gasteiger partial charge in [0, 0.05) is 37.2 Å². The fraction of sp³-hybridized carbons (Fsp3) is 0.111. The van der Waals surface area contributed by atoms with Crippen LogP contribution in [0.25, 0.3) is 0 Å². The van der Waals surface area contributed by atoms with Crippen molar-refractivity contribution in [2.75, 3.05) is 14.2 Å². The molecule has 2 N–H and O–H groups in total. The first-order valence-corrected chi connectivity index (χ1v) is 17.5. The zero-order valence-corrected chi connectivity index (χ0v) is 30.2. The van der Waals surface area contributed by atoms with Gasteiger partial charge in [0.15, 0.2) is 0 Å². The summed E-state index contributed by atoms with van der Waals surface area (Å²) in [6.45, 7) is 0. The van der Waals surface area contributed by atoms with Crippen LogP contribution in [0.15, 0.2) is 0 Å². The zero-order valence-electron chi connectivity index (χ0n) is 17.5. The number of esters is 2. The monoisotopic (exact) mass is 1010 g/mol. The van der Waals surface area contributed by atoms with E-state index in [2.05, 4.69) is 46.7 Å². The largest absolute Gasteiger partial charge is 0.478 e. The number of aromatic carboxylic acids is 2. The molecular formula is C18H9Cl8I3O8. The average Bonchev–Trinajstić information content (AvgIpc) is 2.83. The second kappa shape index (κ2) is 18.3. The second-order valence-electron chi connectivity index (χ2n) is 5.61. The van der Waals surface area contributed by atoms with Crippen LogP contribution in [0.4, 0.5) is 0 Å². The highest BCUT2D eigenvalue weighted by Gasteiger charge is 2.29. The fourth-order valence-electron chi connectivity index (χ4n) is 2.20. The number of carbonyl (C=O) groups excluding carboxylic acids is 2. The summed E-state index contributed by atoms with van der Waals surface area (Å²) >= 11 is 50.1. The van der Waals surface area contributed by atoms with Gasteiger partial charge >= 0.3 is 23.9 Å². The lowest BCUT2D eigenvalue weighted by molar-refractivity contribution is 0.0587. The zero-order chi connectivity index (χ0) is 28.7. The molecule has 0 saturated carbocycles. The van der Waals surface area contributed by atoms with E-state index in [4.69, 9.17) is 103 Å². The van der Waals surface area contributed by atoms with Crippen molar-refractivity contribution in [1.29, 1.82) is 0 Å². The molecule has 0 aliphatic rings. The first kappa shape index (κ1) is 40.0. The summed E-state index contributed by atoms with van der Waals surface area (Å²) in [5, 5.41) is 14.9. The van der Waals surface area contributed by atoms with Crippen molar-refractivity contribution in [3.63, 3.8) is 0 Å². The molecule has 0 aliphatic heterocycles. The van der Waals surface area contributed by atoms with Gasteiger partial charge in [-0.15, -0.1) is 24.0 Å². The van der Waals surface area contributed by atoms with Crippen LogP contribution in [-0.4, -0.2) is 48.3 Å². The Labute approximate surface area is 289 Å². The first-order valence-electron chi connectivity index (χ1n) is 8.14. The Kier molecular flexibility index (Phi) is 19.8. The number of ether oxygens (including phenoxy) is 2. The summed E-state index contributed by atoms with van der Waals surface area (Å²) in [6, 6.07) is 0. The lowest BCUT2D eigenvalue weighted by Gasteiger charge is -2.12. The number of hydrogen-bond donors (Lipinski definition) is 2. The molecule has 206 valence electrons. The molecule has 2 aromatic carbocycles. The maximum Gasteiger partial charge on any atom is 0.341 e. The standard InChI is InChI=1S/C10H6Cl4O4.C8H2Cl4O4.I2.HI/c1-17-9(15)3-5(11)7(13)4(10(16)18-2)8(14)6(3)12;9-3-1(7(13)14)4(10)6(12)2(5(3)11)8(15)16;1-2;/h1-2H3;(H,13,14)(H,15,16);;1H. The highest BCUT2D eigenvalue weighted by atomic mass is 128. The molecule has 2 aromatic rings. The Morgan fingerprint density at radius 1 is 0.514 bits per heavy atom. The molecule has 0 amide bonds. The van der Waals surface area contributed by atoms with E-state index in [1.807, 2.05) is 0 Å². The van der Waals surface area contributed by atoms with E-state index < -0.39 is 55.1 Å². The minimum atomic E-state index is -1.45. The smallest absolute Gasteiger partial charge is 0.341 e. The van der Waals surface area contributed by atoms with Crippen molar-refractivity contribution in [1.82, 2.24) is 0 Å². The molecule has 8 nitrogen and oxygen atoms in total. The predicted molar refractivity (Wildman–Crippen MR) is 173 cm³/mol. The van der Waals surface area contributed by atoms with Gasteiger partial charge in [-0.05, 0) is 0 Å². The molecule has 2 rings (SSSR count). The number of benzene rings is 2. The number of carboxylic acid groups (broad SMARTS) is 2. The SMILES string of the molecule is COC(=O)c1c(Cl)c(Cl)c(C(=O)OC)c(Cl)c1Cl.I.II.O=C(O)c1c(Cl)c(Cl)c(C(=O)O)c(Cl)c1Cl. The van der Waals surface area contributed by atoms with E-state index >= 15 is 0 Å². The summed E-state index contributed by atoms with van der Waals surface area (Å²) in [5.74, 6) is -4.53. The maximum atomic E-state index is 11.5. The van der Waals surface area contributed by atoms with Crippen LogP contribution in [0, 0.1) is 0 Å². The average molecular weight is 1020 g/mol. The van der Waals surface area contributed by atoms with Crippen LogP contribution >= 0.6 is 154 Å². The van der Waals surface area contributed by atoms with E-state index in [0.717, 1.165) is 14.2 Å². The van der Waals surface area contributed by atoms with Gasteiger partial charge in [-0.2, -0.15) is 0 Å². The molecule has 0 heterocycles. The number of carboxylic acids is 2. The molecule has 0 aliphatic carbocycles. The van der Waals surface area contributed by atoms with Gasteiger partial charge in [0.05, 0.1) is 76.7 Å². The number of methoxy groups -OCH3 is 2. The van der Waals surface area contributed by atoms with Crippen molar-refractivity contribution < 1.29 is 38.9 Å². The molecule has 0 bridgehead atoms. The van der Waals surface area contributed by atoms with Crippen LogP contribution in [0.1, 0.15) is 41.4 Å². The Morgan fingerprint density at radius 2 is 0.676 bits per heavy atom. The highest BCUT2D eigenvalue weighted by Crippen LogP contribution is 2.42. The predicted octanol–water partition coefficient (Wildman–Crippen LogP) is 9.96. The highest BCUT2D eigenvalue weighted by molar-refractivity contribution is 15.0. The molecule has 0 atom stereocenters. The lowest BCUT2D eigenvalue weighted by atomic mass is 10.1. The van der Waals surface area contributed by atoms with Crippen LogP contribution in [0.2, 0.25) is 40.2 Å². The van der Waals surface area contributed by atoms with Crippen LogP contribution in [0.3, 0.4) is 0 Å². The van der Waals surface area contributed by atoms with Crippen molar-refractivity contribution in [3.05, 3.63) is 62.4 Å². The normalized spacial score (nSPS) is 9.51. The summed E-state index contributed by atoms with van der Waals surface area (Å²) in [5.41, 5.74) is -1.46. The van der Waals surface area contributed by atoms with E-state index in [0.29, 0.717) is 0 Å². The molecule has 37 heavy (non-hydrogen) atoms. The molecule has 0 unspecified atom stereocenters. The minimum absolute atomic E-state index is 0. The Bertz CT molecular complexity index is 1080. The first-order chi connectivity index (χ1) is 16.6. The van der Waals surface area contributed by atoms with E-state index in [-0.39, 0.29) is 55.2 Å². The van der Waals surface area contributed by atoms with Gasteiger partial charge < -0.3 is 19.7 Å². The van der Waals surface area contributed by atoms with Crippen LogP contribution in [0.5, 0.6) is 0 Å². The van der Waals surface area contributed by atoms with Crippen molar-refractivity contribution in [2.24, 2.45) is 0 Å². The van der Waals surface area contributed by atoms with Gasteiger partial charge in [-0.1, -0.05) is 92.8 Å². The number of carbonyl (C=O) groups is 4.